The Kier molecular flexibility index (Phi) is 3.43. The van der Waals surface area contributed by atoms with Crippen molar-refractivity contribution < 1.29 is 10.2 Å². The first-order valence-electron chi connectivity index (χ1n) is 6.53. The van der Waals surface area contributed by atoms with Gasteiger partial charge < -0.3 is 15.5 Å². The van der Waals surface area contributed by atoms with Crippen molar-refractivity contribution in [1.29, 1.82) is 0 Å². The monoisotopic (exact) mass is 278 g/mol. The summed E-state index contributed by atoms with van der Waals surface area (Å²) in [6, 6.07) is 19.4. The van der Waals surface area contributed by atoms with Crippen LogP contribution in [-0.2, 0) is 0 Å². The van der Waals surface area contributed by atoms with E-state index < -0.39 is 0 Å². The lowest BCUT2D eigenvalue weighted by Gasteiger charge is -2.08. The molecule has 0 aliphatic carbocycles. The molecule has 3 aromatic rings. The van der Waals surface area contributed by atoms with Gasteiger partial charge in [0, 0.05) is 11.3 Å². The van der Waals surface area contributed by atoms with Gasteiger partial charge in [-0.15, -0.1) is 0 Å². The van der Waals surface area contributed by atoms with Gasteiger partial charge in [0.2, 0.25) is 0 Å². The van der Waals surface area contributed by atoms with Crippen LogP contribution in [0.3, 0.4) is 0 Å². The maximum Gasteiger partial charge on any atom is 0.131 e. The zero-order chi connectivity index (χ0) is 14.7. The number of nitrogens with one attached hydrogen (secondary N) is 1. The third-order valence-corrected chi connectivity index (χ3v) is 3.03. The van der Waals surface area contributed by atoms with Crippen LogP contribution in [0.1, 0.15) is 0 Å². The smallest absolute Gasteiger partial charge is 0.131 e. The summed E-state index contributed by atoms with van der Waals surface area (Å²) < 4.78 is 0. The van der Waals surface area contributed by atoms with Crippen LogP contribution in [0.4, 0.5) is 11.5 Å². The molecule has 2 aromatic carbocycles. The molecule has 3 N–H and O–H groups in total. The molecule has 0 unspecified atom stereocenters. The Morgan fingerprint density at radius 2 is 1.52 bits per heavy atom. The molecule has 0 fully saturated rings. The first-order chi connectivity index (χ1) is 10.2. The lowest BCUT2D eigenvalue weighted by atomic mass is 10.1. The fraction of sp³-hybridized carbons (Fsp3) is 0. The molecule has 0 spiro atoms. The summed E-state index contributed by atoms with van der Waals surface area (Å²) in [6.07, 6.45) is 0. The first-order valence-corrected chi connectivity index (χ1v) is 6.53. The van der Waals surface area contributed by atoms with E-state index in [2.05, 4.69) is 10.3 Å². The number of benzene rings is 2. The van der Waals surface area contributed by atoms with Crippen molar-refractivity contribution in [3.63, 3.8) is 0 Å². The van der Waals surface area contributed by atoms with Crippen LogP contribution < -0.4 is 5.32 Å². The summed E-state index contributed by atoms with van der Waals surface area (Å²) in [5, 5.41) is 22.0. The van der Waals surface area contributed by atoms with E-state index in [9.17, 15) is 10.2 Å². The minimum Gasteiger partial charge on any atom is -0.508 e. The zero-order valence-corrected chi connectivity index (χ0v) is 11.2. The molecule has 0 radical (unpaired) electrons. The third kappa shape index (κ3) is 3.12. The van der Waals surface area contributed by atoms with E-state index in [1.807, 2.05) is 24.3 Å². The second-order valence-corrected chi connectivity index (χ2v) is 4.63. The maximum atomic E-state index is 9.54. The highest BCUT2D eigenvalue weighted by Gasteiger charge is 2.02. The molecule has 0 aliphatic rings. The van der Waals surface area contributed by atoms with E-state index in [0.717, 1.165) is 16.9 Å². The number of pyridine rings is 1. The molecule has 0 bridgehead atoms. The fourth-order valence-electron chi connectivity index (χ4n) is 2.02. The minimum atomic E-state index is 0.214. The molecule has 0 saturated carbocycles. The predicted octanol–water partition coefficient (Wildman–Crippen LogP) is 3.90. The normalized spacial score (nSPS) is 10.3. The van der Waals surface area contributed by atoms with Crippen molar-refractivity contribution in [1.82, 2.24) is 4.98 Å². The van der Waals surface area contributed by atoms with Crippen LogP contribution in [0.15, 0.2) is 66.7 Å². The molecule has 3 rings (SSSR count). The van der Waals surface area contributed by atoms with Crippen LogP contribution in [0, 0.1) is 0 Å². The van der Waals surface area contributed by atoms with Crippen LogP contribution >= 0.6 is 0 Å². The van der Waals surface area contributed by atoms with Crippen molar-refractivity contribution in [2.24, 2.45) is 0 Å². The van der Waals surface area contributed by atoms with Crippen molar-refractivity contribution in [2.75, 3.05) is 5.32 Å². The molecule has 0 saturated heterocycles. The van der Waals surface area contributed by atoms with Crippen LogP contribution in [-0.4, -0.2) is 15.2 Å². The molecule has 104 valence electrons. The van der Waals surface area contributed by atoms with Gasteiger partial charge in [0.1, 0.15) is 17.3 Å². The second-order valence-electron chi connectivity index (χ2n) is 4.63. The number of rotatable bonds is 3. The topological polar surface area (TPSA) is 65.4 Å². The Morgan fingerprint density at radius 1 is 0.762 bits per heavy atom. The first kappa shape index (κ1) is 13.0. The Hall–Kier alpha value is -3.01. The number of phenols is 2. The molecule has 0 atom stereocenters. The van der Waals surface area contributed by atoms with Gasteiger partial charge in [-0.05, 0) is 48.5 Å². The molecular weight excluding hydrogens is 264 g/mol. The summed E-state index contributed by atoms with van der Waals surface area (Å²) in [5.41, 5.74) is 2.47. The van der Waals surface area contributed by atoms with Gasteiger partial charge in [0.25, 0.3) is 0 Å². The molecule has 1 heterocycles. The fourth-order valence-corrected chi connectivity index (χ4v) is 2.02. The lowest BCUT2D eigenvalue weighted by molar-refractivity contribution is 0.475. The summed E-state index contributed by atoms with van der Waals surface area (Å²) in [7, 11) is 0. The lowest BCUT2D eigenvalue weighted by Crippen LogP contribution is -1.94. The van der Waals surface area contributed by atoms with E-state index >= 15 is 0 Å². The average molecular weight is 278 g/mol. The van der Waals surface area contributed by atoms with Crippen molar-refractivity contribution in [3.05, 3.63) is 66.7 Å². The number of nitrogens with zero attached hydrogens (tertiary/aromatic N) is 1. The summed E-state index contributed by atoms with van der Waals surface area (Å²) in [5.74, 6) is 1.13. The van der Waals surface area contributed by atoms with Gasteiger partial charge in [-0.25, -0.2) is 4.98 Å². The van der Waals surface area contributed by atoms with E-state index in [0.29, 0.717) is 5.82 Å². The Balaban J connectivity index is 1.88. The quantitative estimate of drug-likeness (QED) is 0.636. The highest BCUT2D eigenvalue weighted by Crippen LogP contribution is 2.24. The number of hydrogen-bond donors (Lipinski definition) is 3. The van der Waals surface area contributed by atoms with E-state index in [1.165, 1.54) is 0 Å². The SMILES string of the molecule is Oc1ccc(Nc2cccc(-c3cccc(O)c3)n2)cc1. The van der Waals surface area contributed by atoms with Crippen LogP contribution in [0.5, 0.6) is 11.5 Å². The van der Waals surface area contributed by atoms with Crippen molar-refractivity contribution in [2.45, 2.75) is 0 Å². The van der Waals surface area contributed by atoms with E-state index in [1.54, 1.807) is 42.5 Å². The Bertz CT molecular complexity index is 755. The van der Waals surface area contributed by atoms with Gasteiger partial charge >= 0.3 is 0 Å². The Morgan fingerprint density at radius 3 is 2.29 bits per heavy atom. The van der Waals surface area contributed by atoms with Gasteiger partial charge in [-0.1, -0.05) is 18.2 Å². The number of phenolic OH excluding ortho intramolecular Hbond substituents is 2. The zero-order valence-electron chi connectivity index (χ0n) is 11.2. The van der Waals surface area contributed by atoms with Gasteiger partial charge in [-0.3, -0.25) is 0 Å². The summed E-state index contributed by atoms with van der Waals surface area (Å²) >= 11 is 0. The standard InChI is InChI=1S/C17H14N2O2/c20-14-9-7-13(8-10-14)18-17-6-2-5-16(19-17)12-3-1-4-15(21)11-12/h1-11,20-21H,(H,18,19). The highest BCUT2D eigenvalue weighted by atomic mass is 16.3. The largest absolute Gasteiger partial charge is 0.508 e. The minimum absolute atomic E-state index is 0.214. The molecule has 21 heavy (non-hydrogen) atoms. The second kappa shape index (κ2) is 5.54. The maximum absolute atomic E-state index is 9.54. The predicted molar refractivity (Wildman–Crippen MR) is 82.7 cm³/mol. The number of aromatic nitrogens is 1. The molecule has 0 aliphatic heterocycles. The van der Waals surface area contributed by atoms with Crippen molar-refractivity contribution in [3.8, 4) is 22.8 Å². The molecule has 0 amide bonds. The average Bonchev–Trinajstić information content (AvgIpc) is 2.50. The molecule has 4 heteroatoms. The van der Waals surface area contributed by atoms with E-state index in [4.69, 9.17) is 0 Å². The number of aromatic hydroxyl groups is 2. The van der Waals surface area contributed by atoms with Crippen LogP contribution in [0.25, 0.3) is 11.3 Å². The molecular formula is C17H14N2O2. The highest BCUT2D eigenvalue weighted by molar-refractivity contribution is 5.65. The summed E-state index contributed by atoms with van der Waals surface area (Å²) in [4.78, 5) is 4.52. The third-order valence-electron chi connectivity index (χ3n) is 3.03. The Labute approximate surface area is 122 Å². The van der Waals surface area contributed by atoms with Gasteiger partial charge in [0.05, 0.1) is 5.69 Å². The summed E-state index contributed by atoms with van der Waals surface area (Å²) in [6.45, 7) is 0. The van der Waals surface area contributed by atoms with Crippen LogP contribution in [0.2, 0.25) is 0 Å². The van der Waals surface area contributed by atoms with Gasteiger partial charge in [0.15, 0.2) is 0 Å². The van der Waals surface area contributed by atoms with E-state index in [-0.39, 0.29) is 11.5 Å². The molecule has 1 aromatic heterocycles. The molecule has 4 nitrogen and oxygen atoms in total. The van der Waals surface area contributed by atoms with Gasteiger partial charge in [-0.2, -0.15) is 0 Å². The number of anilines is 2. The van der Waals surface area contributed by atoms with Crippen molar-refractivity contribution >= 4 is 11.5 Å². The number of hydrogen-bond acceptors (Lipinski definition) is 4.